The Morgan fingerprint density at radius 3 is 2.25 bits per heavy atom. The Morgan fingerprint density at radius 2 is 1.53 bits per heavy atom. The van der Waals surface area contributed by atoms with Crippen molar-refractivity contribution in [1.29, 1.82) is 0 Å². The van der Waals surface area contributed by atoms with Crippen molar-refractivity contribution in [2.45, 2.75) is 84.9 Å². The van der Waals surface area contributed by atoms with E-state index in [4.69, 9.17) is 14.4 Å². The molecule has 3 heterocycles. The molecule has 1 saturated carbocycles. The Balaban J connectivity index is 0.000000193. The molecule has 7 aromatic rings. The van der Waals surface area contributed by atoms with Crippen molar-refractivity contribution in [1.82, 2.24) is 9.97 Å². The van der Waals surface area contributed by atoms with Gasteiger partial charge in [-0.25, -0.2) is 0 Å². The number of benzene rings is 4. The fraction of sp³-hybridized carbons (Fsp3) is 0.292. The van der Waals surface area contributed by atoms with Crippen molar-refractivity contribution in [2.24, 2.45) is 5.41 Å². The van der Waals surface area contributed by atoms with Crippen LogP contribution in [-0.4, -0.2) is 18.0 Å². The molecular formula is C48H50IrN2OSi-2. The van der Waals surface area contributed by atoms with Gasteiger partial charge in [0.15, 0.2) is 0 Å². The molecule has 273 valence electrons. The summed E-state index contributed by atoms with van der Waals surface area (Å²) < 4.78 is 6.41. The third-order valence-corrected chi connectivity index (χ3v) is 12.2. The zero-order valence-electron chi connectivity index (χ0n) is 31.9. The quantitative estimate of drug-likeness (QED) is 0.123. The average molecular weight is 891 g/mol. The minimum Gasteiger partial charge on any atom is -0.501 e. The van der Waals surface area contributed by atoms with E-state index in [2.05, 4.69) is 125 Å². The van der Waals surface area contributed by atoms with E-state index < -0.39 is 8.07 Å². The Hall–Kier alpha value is -4.15. The summed E-state index contributed by atoms with van der Waals surface area (Å²) in [4.78, 5) is 9.45. The summed E-state index contributed by atoms with van der Waals surface area (Å²) in [5.74, 6) is 0.644. The number of pyridine rings is 2. The van der Waals surface area contributed by atoms with Gasteiger partial charge < -0.3 is 14.4 Å². The minimum atomic E-state index is -1.37. The molecule has 3 nitrogen and oxygen atoms in total. The SMILES string of the molecule is CC(C)(C)Cc1cc(-c2[c-]cccc2)ncc1[Si](C)(C)C.[Ir].[c-]1cc(-c2ccccc2)c2c(oc3ccccc32)c1-c1cc(C2CCCCC2)ccn1. The van der Waals surface area contributed by atoms with Gasteiger partial charge in [-0.1, -0.05) is 148 Å². The fourth-order valence-electron chi connectivity index (χ4n) is 7.67. The van der Waals surface area contributed by atoms with E-state index in [0.29, 0.717) is 5.92 Å². The van der Waals surface area contributed by atoms with Gasteiger partial charge in [-0.15, -0.1) is 48.0 Å². The third-order valence-electron chi connectivity index (χ3n) is 10.2. The number of rotatable bonds is 6. The zero-order valence-corrected chi connectivity index (χ0v) is 35.3. The molecule has 1 fully saturated rings. The molecular weight excluding hydrogens is 841 g/mol. The third kappa shape index (κ3) is 8.98. The van der Waals surface area contributed by atoms with Crippen LogP contribution in [0, 0.1) is 17.5 Å². The molecule has 1 aliphatic carbocycles. The molecule has 5 heteroatoms. The van der Waals surface area contributed by atoms with Gasteiger partial charge in [0.25, 0.3) is 0 Å². The molecule has 0 N–H and O–H groups in total. The summed E-state index contributed by atoms with van der Waals surface area (Å²) in [5, 5.41) is 3.76. The van der Waals surface area contributed by atoms with Crippen LogP contribution in [0.1, 0.15) is 69.9 Å². The maximum absolute atomic E-state index is 6.41. The van der Waals surface area contributed by atoms with Crippen LogP contribution in [0.2, 0.25) is 19.6 Å². The first kappa shape index (κ1) is 38.6. The molecule has 4 aromatic carbocycles. The molecule has 8 rings (SSSR count). The predicted molar refractivity (Wildman–Crippen MR) is 222 cm³/mol. The van der Waals surface area contributed by atoms with Crippen LogP contribution in [-0.2, 0) is 26.5 Å². The largest absolute Gasteiger partial charge is 0.501 e. The number of hydrogen-bond donors (Lipinski definition) is 0. The first-order valence-electron chi connectivity index (χ1n) is 18.9. The number of furan rings is 1. The first-order chi connectivity index (χ1) is 25.0. The maximum atomic E-state index is 6.41. The Labute approximate surface area is 330 Å². The van der Waals surface area contributed by atoms with E-state index in [1.54, 1.807) is 0 Å². The standard InChI is InChI=1S/C29H24NO.C19H26NSi.Ir/c1-3-9-20(10-4-1)22-17-18-30-26(19-22)24-16-15-23(21-11-5-2-6-12-21)28-25-13-7-8-14-27(25)31-29(24)28;1-19(2,3)13-16-12-17(15-10-8-7-9-11-15)20-14-18(16)21(4,5)6;/h2,5-8,11-15,17-20H,1,3-4,9-10H2;7-10,12,14H,13H2,1-6H3;/q2*-1;. The van der Waals surface area contributed by atoms with Crippen LogP contribution in [0.3, 0.4) is 0 Å². The number of aromatic nitrogens is 2. The average Bonchev–Trinajstić information content (AvgIpc) is 3.55. The Morgan fingerprint density at radius 1 is 0.792 bits per heavy atom. The van der Waals surface area contributed by atoms with E-state index in [1.165, 1.54) is 54.0 Å². The zero-order chi connectivity index (χ0) is 36.3. The second kappa shape index (κ2) is 16.5. The number of hydrogen-bond acceptors (Lipinski definition) is 3. The summed E-state index contributed by atoms with van der Waals surface area (Å²) in [6.45, 7) is 14.1. The Kier molecular flexibility index (Phi) is 12.0. The van der Waals surface area contributed by atoms with E-state index in [1.807, 2.05) is 42.6 Å². The van der Waals surface area contributed by atoms with Crippen molar-refractivity contribution >= 4 is 35.2 Å². The molecule has 0 spiro atoms. The monoisotopic (exact) mass is 891 g/mol. The second-order valence-electron chi connectivity index (χ2n) is 16.5. The number of para-hydroxylation sites is 1. The van der Waals surface area contributed by atoms with Crippen molar-refractivity contribution in [3.63, 3.8) is 0 Å². The van der Waals surface area contributed by atoms with Crippen LogP contribution < -0.4 is 5.19 Å². The Bertz CT molecular complexity index is 2280. The summed E-state index contributed by atoms with van der Waals surface area (Å²) >= 11 is 0. The van der Waals surface area contributed by atoms with Crippen molar-refractivity contribution in [3.8, 4) is 33.6 Å². The molecule has 0 atom stereocenters. The molecule has 1 radical (unpaired) electrons. The minimum absolute atomic E-state index is 0. The molecule has 3 aromatic heterocycles. The van der Waals surface area contributed by atoms with Crippen molar-refractivity contribution in [3.05, 3.63) is 139 Å². The van der Waals surface area contributed by atoms with Gasteiger partial charge in [-0.3, -0.25) is 0 Å². The molecule has 0 aliphatic heterocycles. The van der Waals surface area contributed by atoms with Crippen molar-refractivity contribution in [2.75, 3.05) is 0 Å². The molecule has 0 amide bonds. The van der Waals surface area contributed by atoms with E-state index >= 15 is 0 Å². The van der Waals surface area contributed by atoms with Crippen LogP contribution in [0.4, 0.5) is 0 Å². The van der Waals surface area contributed by atoms with Gasteiger partial charge in [-0.2, -0.15) is 0 Å². The maximum Gasteiger partial charge on any atom is 0.120 e. The van der Waals surface area contributed by atoms with E-state index in [9.17, 15) is 0 Å². The van der Waals surface area contributed by atoms with Gasteiger partial charge in [0.05, 0.1) is 13.7 Å². The van der Waals surface area contributed by atoms with Crippen molar-refractivity contribution < 1.29 is 24.5 Å². The summed E-state index contributed by atoms with van der Waals surface area (Å²) in [6.07, 6.45) is 11.7. The predicted octanol–water partition coefficient (Wildman–Crippen LogP) is 12.8. The summed E-state index contributed by atoms with van der Waals surface area (Å²) in [7, 11) is -1.37. The number of nitrogens with zero attached hydrogens (tertiary/aromatic N) is 2. The van der Waals surface area contributed by atoms with Gasteiger partial charge in [0.1, 0.15) is 5.58 Å². The first-order valence-corrected chi connectivity index (χ1v) is 22.4. The molecule has 1 aliphatic rings. The molecule has 53 heavy (non-hydrogen) atoms. The van der Waals surface area contributed by atoms with Crippen LogP contribution in [0.15, 0.2) is 120 Å². The summed E-state index contributed by atoms with van der Waals surface area (Å²) in [5.41, 5.74) is 11.3. The van der Waals surface area contributed by atoms with E-state index in [-0.39, 0.29) is 25.5 Å². The van der Waals surface area contributed by atoms with E-state index in [0.717, 1.165) is 56.4 Å². The van der Waals surface area contributed by atoms with Crippen LogP contribution in [0.25, 0.3) is 55.6 Å². The van der Waals surface area contributed by atoms with Gasteiger partial charge >= 0.3 is 0 Å². The van der Waals surface area contributed by atoms with Crippen LogP contribution in [0.5, 0.6) is 0 Å². The molecule has 0 unspecified atom stereocenters. The van der Waals surface area contributed by atoms with Gasteiger partial charge in [0, 0.05) is 37.9 Å². The normalized spacial score (nSPS) is 13.7. The second-order valence-corrected chi connectivity index (χ2v) is 21.6. The van der Waals surface area contributed by atoms with Gasteiger partial charge in [0.2, 0.25) is 0 Å². The van der Waals surface area contributed by atoms with Crippen LogP contribution >= 0.6 is 0 Å². The van der Waals surface area contributed by atoms with Gasteiger partial charge in [-0.05, 0) is 64.7 Å². The number of fused-ring (bicyclic) bond motifs is 3. The fourth-order valence-corrected chi connectivity index (χ4v) is 9.25. The summed E-state index contributed by atoms with van der Waals surface area (Å²) in [6, 6.07) is 42.5. The molecule has 0 bridgehead atoms. The smallest absolute Gasteiger partial charge is 0.120 e. The topological polar surface area (TPSA) is 38.9 Å². The molecule has 0 saturated heterocycles.